The molecule has 1 saturated heterocycles. The highest BCUT2D eigenvalue weighted by atomic mass is 16.2. The van der Waals surface area contributed by atoms with Crippen LogP contribution in [-0.2, 0) is 11.2 Å². The molecule has 1 unspecified atom stereocenters. The molecule has 0 N–H and O–H groups in total. The Morgan fingerprint density at radius 3 is 2.55 bits per heavy atom. The van der Waals surface area contributed by atoms with Crippen molar-refractivity contribution in [3.05, 3.63) is 35.4 Å². The van der Waals surface area contributed by atoms with Gasteiger partial charge in [0.15, 0.2) is 5.78 Å². The van der Waals surface area contributed by atoms with E-state index in [1.807, 2.05) is 24.3 Å². The summed E-state index contributed by atoms with van der Waals surface area (Å²) in [6.45, 7) is 5.19. The molecule has 1 aliphatic heterocycles. The molecule has 108 valence electrons. The average Bonchev–Trinajstić information content (AvgIpc) is 2.79. The lowest BCUT2D eigenvalue weighted by Crippen LogP contribution is -2.31. The van der Waals surface area contributed by atoms with Crippen LogP contribution < -0.4 is 0 Å². The van der Waals surface area contributed by atoms with Gasteiger partial charge in [-0.15, -0.1) is 0 Å². The zero-order chi connectivity index (χ0) is 14.5. The van der Waals surface area contributed by atoms with Gasteiger partial charge in [-0.3, -0.25) is 9.59 Å². The van der Waals surface area contributed by atoms with Crippen LogP contribution in [0.15, 0.2) is 24.3 Å². The van der Waals surface area contributed by atoms with Gasteiger partial charge in [0.2, 0.25) is 5.91 Å². The van der Waals surface area contributed by atoms with E-state index in [1.165, 1.54) is 5.56 Å². The molecular weight excluding hydrogens is 250 g/mol. The third kappa shape index (κ3) is 3.47. The van der Waals surface area contributed by atoms with Crippen LogP contribution in [0.1, 0.15) is 49.0 Å². The van der Waals surface area contributed by atoms with Gasteiger partial charge in [0.05, 0.1) is 6.54 Å². The van der Waals surface area contributed by atoms with Crippen molar-refractivity contribution >= 4 is 11.7 Å². The summed E-state index contributed by atoms with van der Waals surface area (Å²) in [6.07, 6.45) is 3.74. The Morgan fingerprint density at radius 1 is 1.25 bits per heavy atom. The number of hydrogen-bond donors (Lipinski definition) is 0. The first-order valence-corrected chi connectivity index (χ1v) is 7.54. The van der Waals surface area contributed by atoms with E-state index in [9.17, 15) is 9.59 Å². The van der Waals surface area contributed by atoms with Crippen LogP contribution in [0.4, 0.5) is 0 Å². The molecule has 1 fully saturated rings. The highest BCUT2D eigenvalue weighted by Gasteiger charge is 2.30. The predicted octanol–water partition coefficient (Wildman–Crippen LogP) is 3.08. The predicted molar refractivity (Wildman–Crippen MR) is 79.7 cm³/mol. The van der Waals surface area contributed by atoms with Gasteiger partial charge in [-0.05, 0) is 24.3 Å². The number of likely N-dealkylation sites (tertiary alicyclic amines) is 1. The number of carbonyl (C=O) groups is 2. The highest BCUT2D eigenvalue weighted by Crippen LogP contribution is 2.22. The monoisotopic (exact) mass is 273 g/mol. The normalized spacial score (nSPS) is 18.6. The minimum atomic E-state index is 0.0400. The number of amides is 1. The first-order chi connectivity index (χ1) is 9.63. The summed E-state index contributed by atoms with van der Waals surface area (Å²) in [5.74, 6) is 0.600. The van der Waals surface area contributed by atoms with E-state index >= 15 is 0 Å². The van der Waals surface area contributed by atoms with Gasteiger partial charge in [-0.25, -0.2) is 0 Å². The van der Waals surface area contributed by atoms with Gasteiger partial charge < -0.3 is 4.90 Å². The van der Waals surface area contributed by atoms with Gasteiger partial charge in [-0.2, -0.15) is 0 Å². The van der Waals surface area contributed by atoms with Crippen molar-refractivity contribution in [2.45, 2.75) is 39.5 Å². The summed E-state index contributed by atoms with van der Waals surface area (Å²) in [5, 5.41) is 0. The number of benzene rings is 1. The number of aryl methyl sites for hydroxylation is 1. The van der Waals surface area contributed by atoms with E-state index in [2.05, 4.69) is 13.8 Å². The van der Waals surface area contributed by atoms with Crippen LogP contribution in [0.2, 0.25) is 0 Å². The number of rotatable bonds is 6. The summed E-state index contributed by atoms with van der Waals surface area (Å²) in [5.41, 5.74) is 1.93. The lowest BCUT2D eigenvalue weighted by Gasteiger charge is -2.15. The molecule has 20 heavy (non-hydrogen) atoms. The van der Waals surface area contributed by atoms with Crippen LogP contribution in [0.25, 0.3) is 0 Å². The van der Waals surface area contributed by atoms with Crippen LogP contribution in [-0.4, -0.2) is 29.7 Å². The summed E-state index contributed by atoms with van der Waals surface area (Å²) in [6, 6.07) is 7.70. The molecule has 0 radical (unpaired) electrons. The average molecular weight is 273 g/mol. The summed E-state index contributed by atoms with van der Waals surface area (Å²) in [7, 11) is 0. The van der Waals surface area contributed by atoms with Gasteiger partial charge in [0, 0.05) is 18.5 Å². The van der Waals surface area contributed by atoms with Crippen molar-refractivity contribution in [1.29, 1.82) is 0 Å². The van der Waals surface area contributed by atoms with E-state index in [0.717, 1.165) is 25.8 Å². The zero-order valence-electron chi connectivity index (χ0n) is 12.4. The summed E-state index contributed by atoms with van der Waals surface area (Å²) in [4.78, 5) is 25.8. The first kappa shape index (κ1) is 14.8. The number of hydrogen-bond acceptors (Lipinski definition) is 2. The van der Waals surface area contributed by atoms with Gasteiger partial charge in [-0.1, -0.05) is 44.5 Å². The maximum absolute atomic E-state index is 12.2. The molecule has 2 rings (SSSR count). The van der Waals surface area contributed by atoms with E-state index in [-0.39, 0.29) is 18.2 Å². The molecule has 1 aromatic carbocycles. The molecule has 1 aliphatic rings. The third-order valence-corrected chi connectivity index (χ3v) is 4.01. The Kier molecular flexibility index (Phi) is 4.94. The highest BCUT2D eigenvalue weighted by molar-refractivity contribution is 5.99. The van der Waals surface area contributed by atoms with Crippen LogP contribution in [0.3, 0.4) is 0 Å². The van der Waals surface area contributed by atoms with Gasteiger partial charge >= 0.3 is 0 Å². The van der Waals surface area contributed by atoms with E-state index in [4.69, 9.17) is 0 Å². The fourth-order valence-electron chi connectivity index (χ4n) is 2.80. The summed E-state index contributed by atoms with van der Waals surface area (Å²) < 4.78 is 0. The number of nitrogens with zero attached hydrogens (tertiary/aromatic N) is 1. The lowest BCUT2D eigenvalue weighted by molar-refractivity contribution is -0.127. The number of ketones is 1. The van der Waals surface area contributed by atoms with Crippen molar-refractivity contribution in [3.63, 3.8) is 0 Å². The quantitative estimate of drug-likeness (QED) is 0.747. The fraction of sp³-hybridized carbons (Fsp3) is 0.529. The maximum atomic E-state index is 12.2. The molecule has 0 aliphatic carbocycles. The Balaban J connectivity index is 1.95. The zero-order valence-corrected chi connectivity index (χ0v) is 12.4. The Morgan fingerprint density at radius 2 is 1.95 bits per heavy atom. The molecule has 0 bridgehead atoms. The molecule has 1 aromatic rings. The van der Waals surface area contributed by atoms with Crippen LogP contribution in [0.5, 0.6) is 0 Å². The Hall–Kier alpha value is -1.64. The molecule has 1 amide bonds. The second-order valence-electron chi connectivity index (χ2n) is 5.61. The minimum absolute atomic E-state index is 0.0400. The number of Topliss-reactive ketones (excluding diaryl/α,β-unsaturated/α-hetero) is 1. The summed E-state index contributed by atoms with van der Waals surface area (Å²) >= 11 is 0. The Labute approximate surface area is 121 Å². The molecule has 0 spiro atoms. The van der Waals surface area contributed by atoms with Gasteiger partial charge in [0.1, 0.15) is 0 Å². The second-order valence-corrected chi connectivity index (χ2v) is 5.61. The van der Waals surface area contributed by atoms with Crippen molar-refractivity contribution in [2.75, 3.05) is 13.1 Å². The van der Waals surface area contributed by atoms with Crippen molar-refractivity contribution in [3.8, 4) is 0 Å². The van der Waals surface area contributed by atoms with E-state index in [1.54, 1.807) is 4.90 Å². The molecule has 3 heteroatoms. The molecule has 1 heterocycles. The fourth-order valence-corrected chi connectivity index (χ4v) is 2.80. The van der Waals surface area contributed by atoms with E-state index < -0.39 is 0 Å². The molecule has 0 aromatic heterocycles. The van der Waals surface area contributed by atoms with Crippen molar-refractivity contribution in [1.82, 2.24) is 4.90 Å². The van der Waals surface area contributed by atoms with Crippen LogP contribution >= 0.6 is 0 Å². The minimum Gasteiger partial charge on any atom is -0.335 e. The van der Waals surface area contributed by atoms with Crippen molar-refractivity contribution in [2.24, 2.45) is 5.92 Å². The maximum Gasteiger partial charge on any atom is 0.223 e. The molecule has 3 nitrogen and oxygen atoms in total. The first-order valence-electron chi connectivity index (χ1n) is 7.54. The lowest BCUT2D eigenvalue weighted by atomic mass is 10.0. The standard InChI is InChI=1S/C17H23NO2/c1-3-5-14-10-17(20)18(11-14)12-16(19)15-8-6-13(4-2)7-9-15/h6-9,14H,3-5,10-12H2,1-2H3. The third-order valence-electron chi connectivity index (χ3n) is 4.01. The molecular formula is C17H23NO2. The second kappa shape index (κ2) is 6.69. The Bertz CT molecular complexity index is 478. The molecule has 0 saturated carbocycles. The topological polar surface area (TPSA) is 37.4 Å². The largest absolute Gasteiger partial charge is 0.335 e. The smallest absolute Gasteiger partial charge is 0.223 e. The van der Waals surface area contributed by atoms with Crippen molar-refractivity contribution < 1.29 is 9.59 Å². The van der Waals surface area contributed by atoms with Crippen LogP contribution in [0, 0.1) is 5.92 Å². The molecule has 1 atom stereocenters. The van der Waals surface area contributed by atoms with E-state index in [0.29, 0.717) is 17.9 Å². The van der Waals surface area contributed by atoms with Gasteiger partial charge in [0.25, 0.3) is 0 Å². The number of carbonyl (C=O) groups excluding carboxylic acids is 2. The SMILES string of the molecule is CCCC1CC(=O)N(CC(=O)c2ccc(CC)cc2)C1.